The molecule has 2 amide bonds. The Morgan fingerprint density at radius 1 is 1.20 bits per heavy atom. The van der Waals surface area contributed by atoms with Crippen molar-refractivity contribution in [3.8, 4) is 0 Å². The Morgan fingerprint density at radius 2 is 1.75 bits per heavy atom. The molecule has 0 aromatic rings. The van der Waals surface area contributed by atoms with E-state index in [4.69, 9.17) is 5.11 Å². The number of nitrogens with one attached hydrogen (secondary N) is 2. The summed E-state index contributed by atoms with van der Waals surface area (Å²) in [4.78, 5) is 12.3. The van der Waals surface area contributed by atoms with Gasteiger partial charge in [-0.3, -0.25) is 0 Å². The fourth-order valence-corrected chi connectivity index (χ4v) is 5.26. The van der Waals surface area contributed by atoms with Gasteiger partial charge in [0.1, 0.15) is 0 Å². The van der Waals surface area contributed by atoms with E-state index in [-0.39, 0.29) is 24.2 Å². The lowest BCUT2D eigenvalue weighted by Gasteiger charge is -2.56. The molecular weight excluding hydrogens is 252 g/mol. The molecule has 4 fully saturated rings. The average Bonchev–Trinajstić information content (AvgIpc) is 2.35. The first-order valence-electron chi connectivity index (χ1n) is 8.32. The SMILES string of the molecule is CCC(CCO)NC(=O)NC12CC3CC(CC(C3)C1)C2. The van der Waals surface area contributed by atoms with Gasteiger partial charge in [0.15, 0.2) is 0 Å². The van der Waals surface area contributed by atoms with Gasteiger partial charge in [-0.2, -0.15) is 0 Å². The number of hydrogen-bond donors (Lipinski definition) is 3. The molecule has 0 aromatic carbocycles. The predicted molar refractivity (Wildman–Crippen MR) is 78.4 cm³/mol. The quantitative estimate of drug-likeness (QED) is 0.724. The molecule has 0 aliphatic heterocycles. The van der Waals surface area contributed by atoms with Crippen LogP contribution < -0.4 is 10.6 Å². The molecule has 0 heterocycles. The smallest absolute Gasteiger partial charge is 0.315 e. The fraction of sp³-hybridized carbons (Fsp3) is 0.938. The van der Waals surface area contributed by atoms with Crippen molar-refractivity contribution in [1.29, 1.82) is 0 Å². The van der Waals surface area contributed by atoms with Crippen LogP contribution in [0.2, 0.25) is 0 Å². The van der Waals surface area contributed by atoms with Crippen LogP contribution in [0.5, 0.6) is 0 Å². The maximum atomic E-state index is 12.3. The van der Waals surface area contributed by atoms with E-state index in [0.717, 1.165) is 24.2 Å². The van der Waals surface area contributed by atoms with E-state index in [9.17, 15) is 4.79 Å². The lowest BCUT2D eigenvalue weighted by atomic mass is 9.53. The van der Waals surface area contributed by atoms with Crippen molar-refractivity contribution >= 4 is 6.03 Å². The van der Waals surface area contributed by atoms with Gasteiger partial charge in [-0.1, -0.05) is 6.92 Å². The maximum Gasteiger partial charge on any atom is 0.315 e. The zero-order chi connectivity index (χ0) is 14.2. The summed E-state index contributed by atoms with van der Waals surface area (Å²) >= 11 is 0. The van der Waals surface area contributed by atoms with Crippen molar-refractivity contribution in [2.75, 3.05) is 6.61 Å². The van der Waals surface area contributed by atoms with Crippen molar-refractivity contribution in [2.24, 2.45) is 17.8 Å². The first-order chi connectivity index (χ1) is 9.62. The Balaban J connectivity index is 1.58. The lowest BCUT2D eigenvalue weighted by Crippen LogP contribution is -2.62. The molecule has 0 aromatic heterocycles. The van der Waals surface area contributed by atoms with Crippen LogP contribution in [0.15, 0.2) is 0 Å². The van der Waals surface area contributed by atoms with E-state index in [0.29, 0.717) is 6.42 Å². The van der Waals surface area contributed by atoms with E-state index < -0.39 is 0 Å². The van der Waals surface area contributed by atoms with Crippen molar-refractivity contribution in [2.45, 2.75) is 69.9 Å². The first-order valence-corrected chi connectivity index (χ1v) is 8.32. The molecule has 4 heteroatoms. The molecule has 1 atom stereocenters. The third-order valence-corrected chi connectivity index (χ3v) is 5.72. The molecule has 4 nitrogen and oxygen atoms in total. The second-order valence-corrected chi connectivity index (χ2v) is 7.41. The van der Waals surface area contributed by atoms with Crippen molar-refractivity contribution in [3.05, 3.63) is 0 Å². The predicted octanol–water partition coefficient (Wildman–Crippen LogP) is 2.42. The first kappa shape index (κ1) is 14.2. The second-order valence-electron chi connectivity index (χ2n) is 7.41. The van der Waals surface area contributed by atoms with Crippen LogP contribution in [0.3, 0.4) is 0 Å². The third kappa shape index (κ3) is 2.80. The number of hydrogen-bond acceptors (Lipinski definition) is 2. The summed E-state index contributed by atoms with van der Waals surface area (Å²) in [5.74, 6) is 2.54. The molecule has 0 radical (unpaired) electrons. The van der Waals surface area contributed by atoms with Gasteiger partial charge < -0.3 is 15.7 Å². The molecule has 1 unspecified atom stereocenters. The van der Waals surface area contributed by atoms with E-state index in [2.05, 4.69) is 10.6 Å². The van der Waals surface area contributed by atoms with Gasteiger partial charge in [0.2, 0.25) is 0 Å². The Hall–Kier alpha value is -0.770. The van der Waals surface area contributed by atoms with Crippen LogP contribution in [0, 0.1) is 17.8 Å². The van der Waals surface area contributed by atoms with Crippen molar-refractivity contribution in [1.82, 2.24) is 10.6 Å². The molecule has 20 heavy (non-hydrogen) atoms. The summed E-state index contributed by atoms with van der Waals surface area (Å²) in [6.07, 6.45) is 9.25. The summed E-state index contributed by atoms with van der Waals surface area (Å²) in [7, 11) is 0. The molecule has 3 N–H and O–H groups in total. The maximum absolute atomic E-state index is 12.3. The zero-order valence-electron chi connectivity index (χ0n) is 12.5. The molecule has 4 bridgehead atoms. The molecule has 4 rings (SSSR count). The number of carbonyl (C=O) groups excluding carboxylic acids is 1. The minimum atomic E-state index is -0.0211. The molecule has 4 saturated carbocycles. The molecule has 4 aliphatic carbocycles. The average molecular weight is 280 g/mol. The Morgan fingerprint density at radius 3 is 2.20 bits per heavy atom. The molecule has 4 aliphatic rings. The highest BCUT2D eigenvalue weighted by molar-refractivity contribution is 5.75. The van der Waals surface area contributed by atoms with Crippen LogP contribution in [0.1, 0.15) is 58.3 Å². The summed E-state index contributed by atoms with van der Waals surface area (Å²) in [5.41, 5.74) is 0.0797. The topological polar surface area (TPSA) is 61.4 Å². The molecular formula is C16H28N2O2. The standard InChI is InChI=1S/C16H28N2O2/c1-2-14(3-4-19)17-15(20)18-16-8-11-5-12(9-16)7-13(6-11)10-16/h11-14,19H,2-10H2,1H3,(H2,17,18,20). The summed E-state index contributed by atoms with van der Waals surface area (Å²) in [5, 5.41) is 15.4. The molecule has 114 valence electrons. The Kier molecular flexibility index (Phi) is 3.93. The largest absolute Gasteiger partial charge is 0.396 e. The normalized spacial score (nSPS) is 39.6. The highest BCUT2D eigenvalue weighted by Gasteiger charge is 2.51. The van der Waals surface area contributed by atoms with Crippen LogP contribution in [0.4, 0.5) is 4.79 Å². The lowest BCUT2D eigenvalue weighted by molar-refractivity contribution is -0.0137. The van der Waals surface area contributed by atoms with Gasteiger partial charge in [-0.05, 0) is 69.1 Å². The number of amides is 2. The monoisotopic (exact) mass is 280 g/mol. The summed E-state index contributed by atoms with van der Waals surface area (Å²) in [6, 6.07) is 0.0705. The molecule has 0 spiro atoms. The van der Waals surface area contributed by atoms with Gasteiger partial charge in [-0.25, -0.2) is 4.79 Å². The Bertz CT molecular complexity index is 334. The van der Waals surface area contributed by atoms with Crippen LogP contribution in [-0.4, -0.2) is 29.3 Å². The number of urea groups is 1. The molecule has 0 saturated heterocycles. The van der Waals surface area contributed by atoms with E-state index in [1.807, 2.05) is 6.92 Å². The van der Waals surface area contributed by atoms with Crippen LogP contribution in [-0.2, 0) is 0 Å². The minimum absolute atomic E-state index is 0.0211. The third-order valence-electron chi connectivity index (χ3n) is 5.72. The van der Waals surface area contributed by atoms with Crippen molar-refractivity contribution in [3.63, 3.8) is 0 Å². The van der Waals surface area contributed by atoms with Gasteiger partial charge in [0.05, 0.1) is 0 Å². The van der Waals surface area contributed by atoms with Gasteiger partial charge >= 0.3 is 6.03 Å². The summed E-state index contributed by atoms with van der Waals surface area (Å²) in [6.45, 7) is 2.18. The number of rotatable bonds is 5. The summed E-state index contributed by atoms with van der Waals surface area (Å²) < 4.78 is 0. The Labute approximate surface area is 121 Å². The van der Waals surface area contributed by atoms with Crippen LogP contribution >= 0.6 is 0 Å². The second kappa shape index (κ2) is 5.55. The minimum Gasteiger partial charge on any atom is -0.396 e. The van der Waals surface area contributed by atoms with E-state index in [1.54, 1.807) is 0 Å². The van der Waals surface area contributed by atoms with E-state index >= 15 is 0 Å². The highest BCUT2D eigenvalue weighted by atomic mass is 16.3. The van der Waals surface area contributed by atoms with Crippen molar-refractivity contribution < 1.29 is 9.90 Å². The number of aliphatic hydroxyl groups excluding tert-OH is 1. The fourth-order valence-electron chi connectivity index (χ4n) is 5.26. The zero-order valence-corrected chi connectivity index (χ0v) is 12.5. The van der Waals surface area contributed by atoms with Gasteiger partial charge in [-0.15, -0.1) is 0 Å². The number of aliphatic hydroxyl groups is 1. The van der Waals surface area contributed by atoms with Crippen LogP contribution in [0.25, 0.3) is 0 Å². The van der Waals surface area contributed by atoms with E-state index in [1.165, 1.54) is 38.5 Å². The number of carbonyl (C=O) groups is 1. The highest BCUT2D eigenvalue weighted by Crippen LogP contribution is 2.55. The van der Waals surface area contributed by atoms with Gasteiger partial charge in [0, 0.05) is 18.2 Å². The van der Waals surface area contributed by atoms with Gasteiger partial charge in [0.25, 0.3) is 0 Å².